The maximum atomic E-state index is 13.2. The predicted molar refractivity (Wildman–Crippen MR) is 71.9 cm³/mol. The second-order valence-corrected chi connectivity index (χ2v) is 5.05. The molecule has 2 heterocycles. The number of benzene rings is 1. The number of halogens is 1. The summed E-state index contributed by atoms with van der Waals surface area (Å²) < 4.78 is 21.2. The lowest BCUT2D eigenvalue weighted by Crippen LogP contribution is -2.21. The molecule has 0 radical (unpaired) electrons. The van der Waals surface area contributed by atoms with Crippen molar-refractivity contribution in [3.63, 3.8) is 0 Å². The number of hydrogen-bond acceptors (Lipinski definition) is 3. The van der Waals surface area contributed by atoms with E-state index < -0.39 is 6.10 Å². The minimum absolute atomic E-state index is 0.253. The minimum atomic E-state index is -0.718. The topological polar surface area (TPSA) is 47.3 Å². The molecule has 4 nitrogen and oxygen atoms in total. The van der Waals surface area contributed by atoms with Crippen molar-refractivity contribution in [3.05, 3.63) is 47.8 Å². The van der Waals surface area contributed by atoms with Crippen LogP contribution in [0.2, 0.25) is 0 Å². The molecular formula is C15H17FN2O2. The summed E-state index contributed by atoms with van der Waals surface area (Å²) in [6, 6.07) is 4.25. The van der Waals surface area contributed by atoms with Gasteiger partial charge in [-0.15, -0.1) is 0 Å². The Bertz CT molecular complexity index is 612. The van der Waals surface area contributed by atoms with Gasteiger partial charge in [0.1, 0.15) is 17.7 Å². The fourth-order valence-corrected chi connectivity index (χ4v) is 2.63. The van der Waals surface area contributed by atoms with Crippen molar-refractivity contribution >= 4 is 0 Å². The number of aliphatic hydroxyl groups is 1. The van der Waals surface area contributed by atoms with Gasteiger partial charge in [0.05, 0.1) is 24.3 Å². The molecule has 106 valence electrons. The zero-order chi connectivity index (χ0) is 14.1. The van der Waals surface area contributed by atoms with E-state index in [1.807, 2.05) is 4.57 Å². The monoisotopic (exact) mass is 276 g/mol. The molecule has 20 heavy (non-hydrogen) atoms. The summed E-state index contributed by atoms with van der Waals surface area (Å²) in [7, 11) is 0. The normalized spacial score (nSPS) is 21.4. The Kier molecular flexibility index (Phi) is 3.44. The van der Waals surface area contributed by atoms with Gasteiger partial charge in [0.15, 0.2) is 0 Å². The number of nitrogens with zero attached hydrogens (tertiary/aromatic N) is 2. The molecule has 1 aliphatic rings. The van der Waals surface area contributed by atoms with Gasteiger partial charge in [-0.25, -0.2) is 9.37 Å². The lowest BCUT2D eigenvalue weighted by Gasteiger charge is -2.30. The average Bonchev–Trinajstić information content (AvgIpc) is 2.88. The van der Waals surface area contributed by atoms with Crippen LogP contribution in [0.4, 0.5) is 4.39 Å². The summed E-state index contributed by atoms with van der Waals surface area (Å²) >= 11 is 0. The van der Waals surface area contributed by atoms with E-state index in [-0.39, 0.29) is 11.9 Å². The molecule has 0 spiro atoms. The Morgan fingerprint density at radius 1 is 1.50 bits per heavy atom. The van der Waals surface area contributed by atoms with Gasteiger partial charge in [-0.1, -0.05) is 6.92 Å². The van der Waals surface area contributed by atoms with Gasteiger partial charge in [-0.05, 0) is 24.6 Å². The van der Waals surface area contributed by atoms with Gasteiger partial charge in [-0.2, -0.15) is 0 Å². The highest BCUT2D eigenvalue weighted by Gasteiger charge is 2.30. The van der Waals surface area contributed by atoms with Gasteiger partial charge in [-0.3, -0.25) is 0 Å². The molecule has 2 atom stereocenters. The molecule has 0 saturated carbocycles. The second kappa shape index (κ2) is 5.25. The summed E-state index contributed by atoms with van der Waals surface area (Å²) in [6.45, 7) is 2.96. The predicted octanol–water partition coefficient (Wildman–Crippen LogP) is 2.99. The van der Waals surface area contributed by atoms with Crippen molar-refractivity contribution in [2.45, 2.75) is 38.5 Å². The Hall–Kier alpha value is -1.88. The quantitative estimate of drug-likeness (QED) is 0.937. The zero-order valence-electron chi connectivity index (χ0n) is 11.3. The Morgan fingerprint density at radius 2 is 2.35 bits per heavy atom. The molecule has 0 bridgehead atoms. The first-order valence-electron chi connectivity index (χ1n) is 6.83. The van der Waals surface area contributed by atoms with Gasteiger partial charge in [0, 0.05) is 18.5 Å². The van der Waals surface area contributed by atoms with Crippen molar-refractivity contribution in [2.24, 2.45) is 0 Å². The molecule has 0 saturated heterocycles. The Morgan fingerprint density at radius 3 is 3.15 bits per heavy atom. The van der Waals surface area contributed by atoms with Crippen LogP contribution in [0.25, 0.3) is 0 Å². The number of ether oxygens (including phenoxy) is 1. The summed E-state index contributed by atoms with van der Waals surface area (Å²) in [5.41, 5.74) is 1.46. The number of aryl methyl sites for hydroxylation is 1. The van der Waals surface area contributed by atoms with Crippen LogP contribution in [0.5, 0.6) is 5.75 Å². The third-order valence-electron chi connectivity index (χ3n) is 3.58. The van der Waals surface area contributed by atoms with E-state index in [1.165, 1.54) is 12.1 Å². The molecular weight excluding hydrogens is 259 g/mol. The number of fused-ring (bicyclic) bond motifs is 1. The Balaban J connectivity index is 1.91. The molecule has 5 heteroatoms. The zero-order valence-corrected chi connectivity index (χ0v) is 11.3. The molecule has 2 unspecified atom stereocenters. The first-order valence-corrected chi connectivity index (χ1v) is 6.83. The van der Waals surface area contributed by atoms with Gasteiger partial charge in [0.2, 0.25) is 0 Å². The maximum Gasteiger partial charge on any atom is 0.143 e. The van der Waals surface area contributed by atoms with Crippen LogP contribution in [-0.2, 0) is 6.54 Å². The molecule has 1 aromatic heterocycles. The van der Waals surface area contributed by atoms with Crippen molar-refractivity contribution in [2.75, 3.05) is 0 Å². The standard InChI is InChI=1S/C15H17FN2O2/c1-2-5-18-9-17-8-12(18)15-7-13(19)11-6-10(16)3-4-14(11)20-15/h3-4,6,8-9,13,15,19H,2,5,7H2,1H3. The van der Waals surface area contributed by atoms with Gasteiger partial charge < -0.3 is 14.4 Å². The number of aliphatic hydroxyl groups excluding tert-OH is 1. The summed E-state index contributed by atoms with van der Waals surface area (Å²) in [4.78, 5) is 4.15. The van der Waals surface area contributed by atoms with Crippen molar-refractivity contribution in [1.82, 2.24) is 9.55 Å². The molecule has 0 fully saturated rings. The minimum Gasteiger partial charge on any atom is -0.484 e. The van der Waals surface area contributed by atoms with Crippen LogP contribution >= 0.6 is 0 Å². The highest BCUT2D eigenvalue weighted by Crippen LogP contribution is 2.40. The first-order chi connectivity index (χ1) is 9.69. The van der Waals surface area contributed by atoms with Crippen molar-refractivity contribution < 1.29 is 14.2 Å². The van der Waals surface area contributed by atoms with E-state index in [0.717, 1.165) is 18.7 Å². The van der Waals surface area contributed by atoms with E-state index in [0.29, 0.717) is 17.7 Å². The second-order valence-electron chi connectivity index (χ2n) is 5.05. The average molecular weight is 276 g/mol. The molecule has 3 rings (SSSR count). The number of rotatable bonds is 3. The smallest absolute Gasteiger partial charge is 0.143 e. The van der Waals surface area contributed by atoms with Crippen LogP contribution in [0.1, 0.15) is 43.2 Å². The van der Waals surface area contributed by atoms with E-state index in [4.69, 9.17) is 4.74 Å². The molecule has 1 N–H and O–H groups in total. The third kappa shape index (κ3) is 2.29. The Labute approximate surface area is 116 Å². The summed E-state index contributed by atoms with van der Waals surface area (Å²) in [6.07, 6.45) is 3.98. The molecule has 1 aromatic carbocycles. The number of hydrogen-bond donors (Lipinski definition) is 1. The van der Waals surface area contributed by atoms with Crippen LogP contribution in [-0.4, -0.2) is 14.7 Å². The van der Waals surface area contributed by atoms with E-state index in [1.54, 1.807) is 18.6 Å². The first kappa shape index (κ1) is 13.1. The number of aromatic nitrogens is 2. The maximum absolute atomic E-state index is 13.2. The third-order valence-corrected chi connectivity index (χ3v) is 3.58. The SMILES string of the molecule is CCCn1cncc1C1CC(O)c2cc(F)ccc2O1. The largest absolute Gasteiger partial charge is 0.484 e. The van der Waals surface area contributed by atoms with Crippen molar-refractivity contribution in [3.8, 4) is 5.75 Å². The molecule has 1 aliphatic heterocycles. The lowest BCUT2D eigenvalue weighted by atomic mass is 9.97. The fraction of sp³-hybridized carbons (Fsp3) is 0.400. The van der Waals surface area contributed by atoms with Crippen LogP contribution in [0.3, 0.4) is 0 Å². The van der Waals surface area contributed by atoms with Gasteiger partial charge >= 0.3 is 0 Å². The summed E-state index contributed by atoms with van der Waals surface area (Å²) in [5, 5.41) is 10.2. The fourth-order valence-electron chi connectivity index (χ4n) is 2.63. The number of imidazole rings is 1. The highest BCUT2D eigenvalue weighted by molar-refractivity contribution is 5.38. The lowest BCUT2D eigenvalue weighted by molar-refractivity contribution is 0.0614. The van der Waals surface area contributed by atoms with Crippen LogP contribution in [0, 0.1) is 5.82 Å². The van der Waals surface area contributed by atoms with E-state index in [9.17, 15) is 9.50 Å². The van der Waals surface area contributed by atoms with Gasteiger partial charge in [0.25, 0.3) is 0 Å². The van der Waals surface area contributed by atoms with Crippen molar-refractivity contribution in [1.29, 1.82) is 0 Å². The van der Waals surface area contributed by atoms with E-state index >= 15 is 0 Å². The van der Waals surface area contributed by atoms with Crippen LogP contribution in [0.15, 0.2) is 30.7 Å². The molecule has 2 aromatic rings. The molecule has 0 aliphatic carbocycles. The van der Waals surface area contributed by atoms with Crippen LogP contribution < -0.4 is 4.74 Å². The summed E-state index contributed by atoms with van der Waals surface area (Å²) in [5.74, 6) is 0.181. The molecule has 0 amide bonds. The van der Waals surface area contributed by atoms with E-state index in [2.05, 4.69) is 11.9 Å². The highest BCUT2D eigenvalue weighted by atomic mass is 19.1.